The monoisotopic (exact) mass is 456 g/mol. The topological polar surface area (TPSA) is 75.5 Å². The number of hydrogen-bond acceptors (Lipinski definition) is 4. The summed E-state index contributed by atoms with van der Waals surface area (Å²) in [6, 6.07) is 16.4. The van der Waals surface area contributed by atoms with E-state index in [2.05, 4.69) is 5.10 Å². The molecule has 9 heteroatoms. The van der Waals surface area contributed by atoms with Crippen LogP contribution in [-0.4, -0.2) is 57.6 Å². The molecule has 4 rings (SSSR count). The Labute approximate surface area is 188 Å². The van der Waals surface area contributed by atoms with Crippen LogP contribution in [0.3, 0.4) is 0 Å². The minimum atomic E-state index is -0.321. The molecule has 3 aromatic rings. The van der Waals surface area contributed by atoms with Crippen molar-refractivity contribution in [3.63, 3.8) is 0 Å². The standard InChI is InChI=1S/C22H18Cl2N4O3/c23-16-12-15(13-17(24)14-16)21(30)26-8-10-27(11-9-26)22(31)19-6-7-20(29)28(25-19)18-4-2-1-3-5-18/h1-7,12-14H,8-11H2. The number of aromatic nitrogens is 2. The Hall–Kier alpha value is -3.16. The number of benzene rings is 2. The molecule has 0 aliphatic carbocycles. The zero-order valence-electron chi connectivity index (χ0n) is 16.4. The lowest BCUT2D eigenvalue weighted by Crippen LogP contribution is -2.51. The van der Waals surface area contributed by atoms with E-state index in [1.165, 1.54) is 16.8 Å². The van der Waals surface area contributed by atoms with Gasteiger partial charge in [-0.25, -0.2) is 0 Å². The molecule has 0 spiro atoms. The van der Waals surface area contributed by atoms with E-state index in [4.69, 9.17) is 23.2 Å². The predicted molar refractivity (Wildman–Crippen MR) is 118 cm³/mol. The molecular weight excluding hydrogens is 439 g/mol. The predicted octanol–water partition coefficient (Wildman–Crippen LogP) is 3.14. The van der Waals surface area contributed by atoms with Crippen molar-refractivity contribution in [3.05, 3.63) is 92.3 Å². The molecule has 2 aromatic carbocycles. The van der Waals surface area contributed by atoms with Crippen LogP contribution in [0.25, 0.3) is 5.69 Å². The van der Waals surface area contributed by atoms with Gasteiger partial charge >= 0.3 is 0 Å². The molecule has 1 aliphatic heterocycles. The summed E-state index contributed by atoms with van der Waals surface area (Å²) in [5.74, 6) is -0.477. The summed E-state index contributed by atoms with van der Waals surface area (Å²) >= 11 is 12.0. The molecule has 7 nitrogen and oxygen atoms in total. The Morgan fingerprint density at radius 2 is 1.35 bits per heavy atom. The lowest BCUT2D eigenvalue weighted by molar-refractivity contribution is 0.0531. The molecule has 1 fully saturated rings. The quantitative estimate of drug-likeness (QED) is 0.606. The van der Waals surface area contributed by atoms with Gasteiger partial charge in [0.05, 0.1) is 5.69 Å². The molecule has 31 heavy (non-hydrogen) atoms. The number of carbonyl (C=O) groups excluding carboxylic acids is 2. The van der Waals surface area contributed by atoms with Crippen LogP contribution in [0.2, 0.25) is 10.0 Å². The second-order valence-corrected chi connectivity index (χ2v) is 7.92. The Kier molecular flexibility index (Phi) is 6.06. The first kappa shape index (κ1) is 21.1. The van der Waals surface area contributed by atoms with Crippen LogP contribution in [0.1, 0.15) is 20.8 Å². The van der Waals surface area contributed by atoms with Crippen LogP contribution >= 0.6 is 23.2 Å². The summed E-state index contributed by atoms with van der Waals surface area (Å²) in [6.45, 7) is 1.44. The second-order valence-electron chi connectivity index (χ2n) is 7.05. The van der Waals surface area contributed by atoms with E-state index in [1.807, 2.05) is 6.07 Å². The van der Waals surface area contributed by atoms with Gasteiger partial charge in [0.25, 0.3) is 17.4 Å². The third-order valence-electron chi connectivity index (χ3n) is 4.98. The molecule has 1 aromatic heterocycles. The molecule has 0 saturated carbocycles. The van der Waals surface area contributed by atoms with Crippen molar-refractivity contribution in [1.82, 2.24) is 19.6 Å². The average molecular weight is 457 g/mol. The highest BCUT2D eigenvalue weighted by Gasteiger charge is 2.27. The maximum atomic E-state index is 12.9. The highest BCUT2D eigenvalue weighted by atomic mass is 35.5. The van der Waals surface area contributed by atoms with Gasteiger partial charge in [-0.2, -0.15) is 9.78 Å². The third kappa shape index (κ3) is 4.62. The van der Waals surface area contributed by atoms with Crippen LogP contribution in [-0.2, 0) is 0 Å². The Balaban J connectivity index is 1.46. The van der Waals surface area contributed by atoms with E-state index in [1.54, 1.807) is 52.3 Å². The lowest BCUT2D eigenvalue weighted by Gasteiger charge is -2.34. The number of halogens is 2. The van der Waals surface area contributed by atoms with E-state index < -0.39 is 0 Å². The normalized spacial score (nSPS) is 13.9. The highest BCUT2D eigenvalue weighted by molar-refractivity contribution is 6.35. The fourth-order valence-electron chi connectivity index (χ4n) is 3.41. The summed E-state index contributed by atoms with van der Waals surface area (Å²) in [7, 11) is 0. The summed E-state index contributed by atoms with van der Waals surface area (Å²) in [5.41, 5.74) is 0.842. The molecule has 0 atom stereocenters. The number of carbonyl (C=O) groups is 2. The minimum Gasteiger partial charge on any atom is -0.335 e. The van der Waals surface area contributed by atoms with Gasteiger partial charge in [0, 0.05) is 47.9 Å². The van der Waals surface area contributed by atoms with Crippen molar-refractivity contribution < 1.29 is 9.59 Å². The van der Waals surface area contributed by atoms with Gasteiger partial charge in [-0.05, 0) is 36.4 Å². The van der Waals surface area contributed by atoms with Crippen molar-refractivity contribution in [1.29, 1.82) is 0 Å². The summed E-state index contributed by atoms with van der Waals surface area (Å²) in [6.07, 6.45) is 0. The van der Waals surface area contributed by atoms with Gasteiger partial charge < -0.3 is 9.80 Å². The number of hydrogen-bond donors (Lipinski definition) is 0. The molecule has 158 valence electrons. The number of piperazine rings is 1. The smallest absolute Gasteiger partial charge is 0.274 e. The summed E-state index contributed by atoms with van der Waals surface area (Å²) in [4.78, 5) is 41.1. The molecular formula is C22H18Cl2N4O3. The third-order valence-corrected chi connectivity index (χ3v) is 5.42. The maximum Gasteiger partial charge on any atom is 0.274 e. The average Bonchev–Trinajstić information content (AvgIpc) is 2.78. The second kappa shape index (κ2) is 8.91. The first-order chi connectivity index (χ1) is 14.9. The van der Waals surface area contributed by atoms with Crippen molar-refractivity contribution in [2.75, 3.05) is 26.2 Å². The summed E-state index contributed by atoms with van der Waals surface area (Å²) in [5, 5.41) is 5.03. The van der Waals surface area contributed by atoms with E-state index in [9.17, 15) is 14.4 Å². The first-order valence-corrected chi connectivity index (χ1v) is 10.4. The van der Waals surface area contributed by atoms with Crippen LogP contribution in [0, 0.1) is 0 Å². The molecule has 1 saturated heterocycles. The Morgan fingerprint density at radius 1 is 0.774 bits per heavy atom. The Morgan fingerprint density at radius 3 is 1.97 bits per heavy atom. The van der Waals surface area contributed by atoms with Gasteiger partial charge in [-0.3, -0.25) is 14.4 Å². The maximum absolute atomic E-state index is 12.9. The lowest BCUT2D eigenvalue weighted by atomic mass is 10.1. The molecule has 2 amide bonds. The summed E-state index contributed by atoms with van der Waals surface area (Å²) < 4.78 is 1.20. The van der Waals surface area contributed by atoms with Crippen molar-refractivity contribution >= 4 is 35.0 Å². The Bertz CT molecular complexity index is 1170. The zero-order valence-corrected chi connectivity index (χ0v) is 17.9. The number of nitrogens with zero attached hydrogens (tertiary/aromatic N) is 4. The zero-order chi connectivity index (χ0) is 22.0. The van der Waals surface area contributed by atoms with Crippen LogP contribution in [0.15, 0.2) is 65.5 Å². The van der Waals surface area contributed by atoms with E-state index >= 15 is 0 Å². The largest absolute Gasteiger partial charge is 0.335 e. The molecule has 0 N–H and O–H groups in total. The van der Waals surface area contributed by atoms with Gasteiger partial charge in [0.15, 0.2) is 0 Å². The van der Waals surface area contributed by atoms with Crippen LogP contribution in [0.4, 0.5) is 0 Å². The molecule has 0 radical (unpaired) electrons. The first-order valence-electron chi connectivity index (χ1n) is 9.63. The molecule has 2 heterocycles. The van der Waals surface area contributed by atoms with Crippen LogP contribution < -0.4 is 5.56 Å². The van der Waals surface area contributed by atoms with Crippen molar-refractivity contribution in [2.45, 2.75) is 0 Å². The highest BCUT2D eigenvalue weighted by Crippen LogP contribution is 2.21. The number of para-hydroxylation sites is 1. The van der Waals surface area contributed by atoms with Gasteiger partial charge in [-0.15, -0.1) is 0 Å². The fraction of sp³-hybridized carbons (Fsp3) is 0.182. The SMILES string of the molecule is O=C(c1cc(Cl)cc(Cl)c1)N1CCN(C(=O)c2ccc(=O)n(-c3ccccc3)n2)CC1. The van der Waals surface area contributed by atoms with E-state index in [-0.39, 0.29) is 23.1 Å². The van der Waals surface area contributed by atoms with Crippen LogP contribution in [0.5, 0.6) is 0 Å². The number of amides is 2. The van der Waals surface area contributed by atoms with E-state index in [0.717, 1.165) is 0 Å². The molecule has 0 bridgehead atoms. The van der Waals surface area contributed by atoms with E-state index in [0.29, 0.717) is 47.5 Å². The van der Waals surface area contributed by atoms with Gasteiger partial charge in [0.1, 0.15) is 5.69 Å². The van der Waals surface area contributed by atoms with Gasteiger partial charge in [0.2, 0.25) is 0 Å². The van der Waals surface area contributed by atoms with Crippen molar-refractivity contribution in [2.24, 2.45) is 0 Å². The minimum absolute atomic E-state index is 0.171. The fourth-order valence-corrected chi connectivity index (χ4v) is 3.94. The van der Waals surface area contributed by atoms with Crippen molar-refractivity contribution in [3.8, 4) is 5.69 Å². The molecule has 0 unspecified atom stereocenters. The van der Waals surface area contributed by atoms with Gasteiger partial charge in [-0.1, -0.05) is 41.4 Å². The molecule has 1 aliphatic rings. The number of rotatable bonds is 3.